The first-order chi connectivity index (χ1) is 36.3. The van der Waals surface area contributed by atoms with E-state index in [0.717, 1.165) is 38.7 Å². The fourth-order valence-electron chi connectivity index (χ4n) is 9.65. The van der Waals surface area contributed by atoms with E-state index >= 15 is 0 Å². The number of halogens is 3. The Hall–Kier alpha value is -6.96. The zero-order valence-corrected chi connectivity index (χ0v) is 44.2. The number of likely N-dealkylation sites (tertiary alicyclic amines) is 1. The largest absolute Gasteiger partial charge is 0.493 e. The van der Waals surface area contributed by atoms with E-state index in [0.29, 0.717) is 61.2 Å². The number of fused-ring (bicyclic) bond motifs is 1. The lowest BCUT2D eigenvalue weighted by Crippen LogP contribution is -2.55. The number of ether oxygens (including phenoxy) is 4. The summed E-state index contributed by atoms with van der Waals surface area (Å²) in [7, 11) is 0. The van der Waals surface area contributed by atoms with Crippen LogP contribution in [-0.2, 0) is 43.1 Å². The molecule has 4 aromatic carbocycles. The highest BCUT2D eigenvalue weighted by molar-refractivity contribution is 7.81. The van der Waals surface area contributed by atoms with E-state index in [4.69, 9.17) is 31.2 Å². The third kappa shape index (κ3) is 11.9. The van der Waals surface area contributed by atoms with Crippen LogP contribution in [0.15, 0.2) is 90.4 Å². The summed E-state index contributed by atoms with van der Waals surface area (Å²) in [6, 6.07) is 22.6. The molecule has 3 aliphatic rings. The molecule has 400 valence electrons. The molecule has 1 aromatic heterocycles. The smallest absolute Gasteiger partial charge is 0.417 e. The second-order valence-electron chi connectivity index (χ2n) is 19.4. The number of hydrogen-bond acceptors (Lipinski definition) is 13. The van der Waals surface area contributed by atoms with Crippen molar-refractivity contribution >= 4 is 63.7 Å². The van der Waals surface area contributed by atoms with Crippen LogP contribution in [0.3, 0.4) is 0 Å². The van der Waals surface area contributed by atoms with Crippen LogP contribution in [0.1, 0.15) is 78.8 Å². The summed E-state index contributed by atoms with van der Waals surface area (Å²) >= 11 is 7.14. The Kier molecular flexibility index (Phi) is 17.1. The van der Waals surface area contributed by atoms with Crippen molar-refractivity contribution < 1.29 is 56.4 Å². The van der Waals surface area contributed by atoms with E-state index in [1.807, 2.05) is 51.1 Å². The molecule has 8 rings (SSSR count). The van der Waals surface area contributed by atoms with Gasteiger partial charge in [-0.05, 0) is 105 Å². The molecular formula is C55H58F3N7O9S2. The normalized spacial score (nSPS) is 17.6. The number of aliphatic hydroxyl groups excluding tert-OH is 1. The number of aryl methyl sites for hydroxylation is 1. The van der Waals surface area contributed by atoms with Crippen LogP contribution >= 0.6 is 23.6 Å². The number of alkyl halides is 3. The average molecular weight is 1080 g/mol. The Morgan fingerprint density at radius 2 is 1.66 bits per heavy atom. The minimum atomic E-state index is -4.81. The maximum absolute atomic E-state index is 14.3. The fourth-order valence-corrected chi connectivity index (χ4v) is 11.0. The molecule has 0 unspecified atom stereocenters. The van der Waals surface area contributed by atoms with Gasteiger partial charge in [-0.1, -0.05) is 44.2 Å². The number of nitrogens with one attached hydrogen (secondary N) is 1. The van der Waals surface area contributed by atoms with Gasteiger partial charge < -0.3 is 44.1 Å². The molecule has 0 saturated carbocycles. The van der Waals surface area contributed by atoms with Gasteiger partial charge in [0, 0.05) is 55.9 Å². The quantitative estimate of drug-likeness (QED) is 0.0531. The molecule has 2 N–H and O–H groups in total. The molecule has 4 amide bonds. The Labute approximate surface area is 447 Å². The summed E-state index contributed by atoms with van der Waals surface area (Å²) in [5.41, 5.74) is 3.14. The maximum atomic E-state index is 14.3. The molecule has 2 saturated heterocycles. The van der Waals surface area contributed by atoms with Crippen molar-refractivity contribution in [2.45, 2.75) is 90.5 Å². The number of carbonyl (C=O) groups is 4. The number of anilines is 2. The fraction of sp³-hybridized carbons (Fsp3) is 0.400. The number of amides is 4. The molecule has 0 bridgehead atoms. The van der Waals surface area contributed by atoms with Crippen LogP contribution < -0.4 is 24.6 Å². The van der Waals surface area contributed by atoms with Crippen LogP contribution in [0, 0.1) is 24.2 Å². The number of hydrogen-bond donors (Lipinski definition) is 2. The van der Waals surface area contributed by atoms with Crippen molar-refractivity contribution in [1.82, 2.24) is 20.1 Å². The number of thiazole rings is 1. The van der Waals surface area contributed by atoms with Gasteiger partial charge in [-0.2, -0.15) is 18.4 Å². The Morgan fingerprint density at radius 1 is 0.947 bits per heavy atom. The van der Waals surface area contributed by atoms with Crippen molar-refractivity contribution in [2.75, 3.05) is 56.0 Å². The van der Waals surface area contributed by atoms with Gasteiger partial charge in [0.2, 0.25) is 11.8 Å². The van der Waals surface area contributed by atoms with Crippen molar-refractivity contribution in [3.63, 3.8) is 0 Å². The number of nitriles is 1. The highest BCUT2D eigenvalue weighted by Gasteiger charge is 2.51. The molecule has 21 heteroatoms. The number of carbonyl (C=O) groups excluding carboxylic acids is 4. The minimum absolute atomic E-state index is 0.0157. The number of nitrogens with zero attached hydrogens (tertiary/aromatic N) is 6. The first-order valence-electron chi connectivity index (χ1n) is 24.8. The molecule has 16 nitrogen and oxygen atoms in total. The Balaban J connectivity index is 0.780. The number of aromatic nitrogens is 1. The van der Waals surface area contributed by atoms with Crippen LogP contribution in [0.25, 0.3) is 10.4 Å². The summed E-state index contributed by atoms with van der Waals surface area (Å²) in [4.78, 5) is 66.2. The summed E-state index contributed by atoms with van der Waals surface area (Å²) in [6.07, 6.45) is -5.10. The SMILES string of the molecule is Cc1ncsc1-c1ccc(CNC(=O)[C@@H]2C[C@@H](O)CN2C(=O)[C@H](C(C)C)N2Cc3ccccc3C2=O)c(OCCCOCCOCCOc2ccc(N3C(=S)N(c4ccc(C#N)c(C(F)(F)F)c4)C(=O)C3(C)C)cc2)c1. The molecule has 0 aliphatic carbocycles. The second kappa shape index (κ2) is 23.5. The van der Waals surface area contributed by atoms with Crippen LogP contribution in [0.2, 0.25) is 0 Å². The molecule has 76 heavy (non-hydrogen) atoms. The zero-order valence-electron chi connectivity index (χ0n) is 42.6. The van der Waals surface area contributed by atoms with E-state index in [9.17, 15) is 42.7 Å². The Morgan fingerprint density at radius 3 is 2.34 bits per heavy atom. The predicted octanol–water partition coefficient (Wildman–Crippen LogP) is 8.07. The van der Waals surface area contributed by atoms with Gasteiger partial charge in [-0.3, -0.25) is 24.1 Å². The van der Waals surface area contributed by atoms with Crippen molar-refractivity contribution in [3.8, 4) is 28.0 Å². The molecule has 3 atom stereocenters. The summed E-state index contributed by atoms with van der Waals surface area (Å²) in [5, 5.41) is 22.9. The number of rotatable bonds is 21. The molecule has 5 aromatic rings. The van der Waals surface area contributed by atoms with E-state index in [1.165, 1.54) is 22.3 Å². The predicted molar refractivity (Wildman–Crippen MR) is 282 cm³/mol. The summed E-state index contributed by atoms with van der Waals surface area (Å²) in [5.74, 6) is -0.735. The van der Waals surface area contributed by atoms with Crippen LogP contribution in [-0.4, -0.2) is 119 Å². The third-order valence-electron chi connectivity index (χ3n) is 13.5. The molecule has 2 fully saturated rings. The number of aliphatic hydroxyl groups is 1. The number of benzene rings is 4. The van der Waals surface area contributed by atoms with Crippen molar-refractivity contribution in [1.29, 1.82) is 5.26 Å². The van der Waals surface area contributed by atoms with E-state index < -0.39 is 52.8 Å². The van der Waals surface area contributed by atoms with Crippen LogP contribution in [0.5, 0.6) is 11.5 Å². The van der Waals surface area contributed by atoms with Crippen LogP contribution in [0.4, 0.5) is 24.5 Å². The molecular weight excluding hydrogens is 1020 g/mol. The first kappa shape index (κ1) is 55.3. The van der Waals surface area contributed by atoms with Gasteiger partial charge in [0.05, 0.1) is 71.5 Å². The van der Waals surface area contributed by atoms with Gasteiger partial charge in [-0.25, -0.2) is 4.98 Å². The lowest BCUT2D eigenvalue weighted by atomic mass is 10.0. The lowest BCUT2D eigenvalue weighted by molar-refractivity contribution is -0.143. The van der Waals surface area contributed by atoms with Gasteiger partial charge in [0.1, 0.15) is 35.7 Å². The van der Waals surface area contributed by atoms with Gasteiger partial charge in [0.15, 0.2) is 5.11 Å². The zero-order chi connectivity index (χ0) is 54.5. The average Bonchev–Trinajstić information content (AvgIpc) is 4.14. The second-order valence-corrected chi connectivity index (χ2v) is 20.6. The van der Waals surface area contributed by atoms with Gasteiger partial charge in [0.25, 0.3) is 11.8 Å². The highest BCUT2D eigenvalue weighted by Crippen LogP contribution is 2.40. The number of thiocarbonyl (C=S) groups is 1. The molecule has 0 radical (unpaired) electrons. The number of β-amino-alcohol motifs (C(OH)–C–C–N with tert-alkyl or cyclic N) is 1. The molecule has 3 aliphatic heterocycles. The maximum Gasteiger partial charge on any atom is 0.417 e. The Bertz CT molecular complexity index is 3020. The van der Waals surface area contributed by atoms with Gasteiger partial charge >= 0.3 is 6.18 Å². The monoisotopic (exact) mass is 1080 g/mol. The van der Waals surface area contributed by atoms with Crippen molar-refractivity contribution in [3.05, 3.63) is 124 Å². The van der Waals surface area contributed by atoms with Crippen molar-refractivity contribution in [2.24, 2.45) is 5.92 Å². The summed E-state index contributed by atoms with van der Waals surface area (Å²) in [6.45, 7) is 11.1. The van der Waals surface area contributed by atoms with E-state index in [-0.39, 0.29) is 67.8 Å². The lowest BCUT2D eigenvalue weighted by Gasteiger charge is -2.35. The summed E-state index contributed by atoms with van der Waals surface area (Å²) < 4.78 is 64.9. The first-order valence-corrected chi connectivity index (χ1v) is 26.1. The van der Waals surface area contributed by atoms with E-state index in [1.54, 1.807) is 71.6 Å². The topological polar surface area (TPSA) is 187 Å². The standard InChI is InChI=1S/C55H58F3N7O9S2/c1-33(2)47(63-30-38-9-6-7-10-43(38)50(63)68)51(69)62-31-41(66)27-45(62)49(67)60-29-37-12-11-35(48-34(3)61-32-76-48)25-46(37)74-20-8-19-71-21-22-72-23-24-73-42-17-15-39(16-18-42)65-53(75)64(52(70)54(65,4)5)40-14-13-36(28-59)44(26-40)55(56,57)58/h6-7,9-18,25-26,32-33,41,45,47,66H,8,19-24,27,29-31H2,1-5H3,(H,60,67)/t41-,45+,47+/m1/s1. The van der Waals surface area contributed by atoms with Gasteiger partial charge in [-0.15, -0.1) is 11.3 Å². The molecule has 0 spiro atoms. The highest BCUT2D eigenvalue weighted by atomic mass is 32.1. The van der Waals surface area contributed by atoms with E-state index in [2.05, 4.69) is 10.3 Å². The minimum Gasteiger partial charge on any atom is -0.493 e. The third-order valence-corrected chi connectivity index (χ3v) is 14.8. The molecule has 4 heterocycles.